The van der Waals surface area contributed by atoms with Gasteiger partial charge >= 0.3 is 0 Å². The van der Waals surface area contributed by atoms with Crippen molar-refractivity contribution in [2.24, 2.45) is 5.92 Å². The summed E-state index contributed by atoms with van der Waals surface area (Å²) in [7, 11) is 0. The maximum atomic E-state index is 5.58. The first-order valence-corrected chi connectivity index (χ1v) is 21.1. The fraction of sp³-hybridized carbons (Fsp3) is 0.0526. The van der Waals surface area contributed by atoms with E-state index in [-0.39, 0.29) is 6.04 Å². The molecule has 4 nitrogen and oxygen atoms in total. The number of imidazole rings is 1. The number of para-hydroxylation sites is 4. The summed E-state index contributed by atoms with van der Waals surface area (Å²) in [6.07, 6.45) is 9.03. The lowest BCUT2D eigenvalue weighted by Gasteiger charge is -2.24. The smallest absolute Gasteiger partial charge is 0.145 e. The van der Waals surface area contributed by atoms with Gasteiger partial charge in [0.2, 0.25) is 0 Å². The van der Waals surface area contributed by atoms with Crippen LogP contribution in [0.2, 0.25) is 0 Å². The first kappa shape index (κ1) is 35.2. The predicted molar refractivity (Wildman–Crippen MR) is 255 cm³/mol. The summed E-state index contributed by atoms with van der Waals surface area (Å²) in [5.41, 5.74) is 14.4. The molecule has 2 unspecified atom stereocenters. The molecule has 3 aromatic heterocycles. The van der Waals surface area contributed by atoms with E-state index in [1.165, 1.54) is 27.2 Å². The van der Waals surface area contributed by atoms with Gasteiger partial charge in [-0.1, -0.05) is 183 Å². The highest BCUT2D eigenvalue weighted by Gasteiger charge is 2.25. The fourth-order valence-electron chi connectivity index (χ4n) is 9.72. The number of aromatic nitrogens is 4. The van der Waals surface area contributed by atoms with Gasteiger partial charge in [0.05, 0.1) is 33.8 Å². The second-order valence-corrected chi connectivity index (χ2v) is 16.2. The second-order valence-electron chi connectivity index (χ2n) is 16.2. The quantitative estimate of drug-likeness (QED) is 0.158. The Morgan fingerprint density at radius 2 is 1.07 bits per heavy atom. The number of rotatable bonds is 6. The van der Waals surface area contributed by atoms with Crippen molar-refractivity contribution in [3.05, 3.63) is 212 Å². The monoisotopic (exact) mass is 780 g/mol. The summed E-state index contributed by atoms with van der Waals surface area (Å²) in [4.78, 5) is 10.6. The molecule has 2 atom stereocenters. The molecule has 0 aliphatic heterocycles. The van der Waals surface area contributed by atoms with Crippen molar-refractivity contribution >= 4 is 54.5 Å². The highest BCUT2D eigenvalue weighted by molar-refractivity contribution is 6.30. The molecule has 0 fully saturated rings. The molecule has 1 aliphatic carbocycles. The van der Waals surface area contributed by atoms with E-state index >= 15 is 0 Å². The minimum absolute atomic E-state index is 0.217. The zero-order valence-corrected chi connectivity index (χ0v) is 33.7. The van der Waals surface area contributed by atoms with Crippen LogP contribution in [0.5, 0.6) is 0 Å². The highest BCUT2D eigenvalue weighted by atomic mass is 15.1. The van der Waals surface area contributed by atoms with Gasteiger partial charge in [0, 0.05) is 54.8 Å². The molecule has 3 heterocycles. The minimum Gasteiger partial charge on any atom is -0.333 e. The Hall–Kier alpha value is -7.82. The Morgan fingerprint density at radius 1 is 0.426 bits per heavy atom. The second kappa shape index (κ2) is 14.2. The number of fused-ring (bicyclic) bond motifs is 8. The average molecular weight is 781 g/mol. The molecule has 1 aliphatic rings. The molecule has 0 N–H and O–H groups in total. The molecule has 0 saturated heterocycles. The largest absolute Gasteiger partial charge is 0.333 e. The number of nitrogens with zero attached hydrogens (tertiary/aromatic N) is 4. The first-order chi connectivity index (χ1) is 30.2. The van der Waals surface area contributed by atoms with E-state index in [0.29, 0.717) is 5.92 Å². The van der Waals surface area contributed by atoms with Crippen molar-refractivity contribution < 1.29 is 0 Å². The lowest BCUT2D eigenvalue weighted by atomic mass is 9.92. The molecule has 4 heteroatoms. The van der Waals surface area contributed by atoms with E-state index < -0.39 is 0 Å². The Bertz CT molecular complexity index is 3520. The minimum atomic E-state index is 0.217. The van der Waals surface area contributed by atoms with Crippen LogP contribution in [0.1, 0.15) is 13.0 Å². The van der Waals surface area contributed by atoms with Gasteiger partial charge in [-0.15, -0.1) is 0 Å². The van der Waals surface area contributed by atoms with E-state index in [9.17, 15) is 0 Å². The van der Waals surface area contributed by atoms with Gasteiger partial charge in [0.1, 0.15) is 5.82 Å². The van der Waals surface area contributed by atoms with Gasteiger partial charge in [0.25, 0.3) is 0 Å². The third kappa shape index (κ3) is 5.67. The summed E-state index contributed by atoms with van der Waals surface area (Å²) in [6, 6.07) is 67.7. The molecule has 0 spiro atoms. The molecule has 0 amide bonds. The van der Waals surface area contributed by atoms with Crippen LogP contribution in [0.25, 0.3) is 105 Å². The molecule has 11 aromatic rings. The van der Waals surface area contributed by atoms with Crippen LogP contribution in [-0.4, -0.2) is 19.1 Å². The van der Waals surface area contributed by atoms with Gasteiger partial charge in [-0.2, -0.15) is 0 Å². The number of hydrogen-bond acceptors (Lipinski definition) is 2. The molecule has 0 bridgehead atoms. The first-order valence-electron chi connectivity index (χ1n) is 21.1. The van der Waals surface area contributed by atoms with Crippen molar-refractivity contribution in [2.75, 3.05) is 0 Å². The van der Waals surface area contributed by atoms with E-state index in [1.54, 1.807) is 0 Å². The SMILES string of the molecule is CC1C=CC=CC1n1c2ccccc2c2c3c(ccc21)c(-c1ccccc1)nc1c(-c2ccc(-c4ccc(-n5c(-c6ccccc6)nc6ccccc65)cc4)cc2)cccc13. The van der Waals surface area contributed by atoms with Crippen molar-refractivity contribution in [1.29, 1.82) is 0 Å². The van der Waals surface area contributed by atoms with Gasteiger partial charge in [0.15, 0.2) is 0 Å². The van der Waals surface area contributed by atoms with Crippen LogP contribution in [0.3, 0.4) is 0 Å². The van der Waals surface area contributed by atoms with Crippen LogP contribution in [0, 0.1) is 5.92 Å². The molecular formula is C57H40N4. The average Bonchev–Trinajstić information content (AvgIpc) is 3.88. The molecular weight excluding hydrogens is 741 g/mol. The third-order valence-corrected chi connectivity index (χ3v) is 12.6. The third-order valence-electron chi connectivity index (χ3n) is 12.6. The Kier molecular flexibility index (Phi) is 8.17. The van der Waals surface area contributed by atoms with Crippen molar-refractivity contribution in [3.8, 4) is 50.6 Å². The summed E-state index contributed by atoms with van der Waals surface area (Å²) < 4.78 is 4.81. The lowest BCUT2D eigenvalue weighted by molar-refractivity contribution is 0.510. The van der Waals surface area contributed by atoms with E-state index in [0.717, 1.165) is 77.9 Å². The van der Waals surface area contributed by atoms with Crippen molar-refractivity contribution in [2.45, 2.75) is 13.0 Å². The summed E-state index contributed by atoms with van der Waals surface area (Å²) in [6.45, 7) is 2.32. The van der Waals surface area contributed by atoms with Crippen LogP contribution in [0.15, 0.2) is 212 Å². The Balaban J connectivity index is 0.999. The summed E-state index contributed by atoms with van der Waals surface area (Å²) in [5.74, 6) is 1.30. The standard InChI is InChI=1S/C57H40N4/c1-37-15-8-11-24-49(37)61-50-25-12-9-20-45(50)54-52(61)36-35-47-53(54)46-22-14-21-44(56(46)59-55(47)41-16-4-2-5-17-41)40-29-27-38(28-30-40)39-31-33-43(34-32-39)60-51-26-13-10-23-48(51)58-57(60)42-18-6-3-7-19-42/h2-37,49H,1H3. The fourth-order valence-corrected chi connectivity index (χ4v) is 9.72. The van der Waals surface area contributed by atoms with E-state index in [4.69, 9.17) is 9.97 Å². The molecule has 12 rings (SSSR count). The number of allylic oxidation sites excluding steroid dienone is 4. The van der Waals surface area contributed by atoms with Gasteiger partial charge in [-0.25, -0.2) is 9.97 Å². The van der Waals surface area contributed by atoms with Crippen LogP contribution in [0.4, 0.5) is 0 Å². The van der Waals surface area contributed by atoms with Gasteiger partial charge < -0.3 is 4.57 Å². The molecule has 288 valence electrons. The normalized spacial score (nSPS) is 15.2. The Labute approximate surface area is 354 Å². The lowest BCUT2D eigenvalue weighted by Crippen LogP contribution is -2.15. The summed E-state index contributed by atoms with van der Waals surface area (Å²) >= 11 is 0. The van der Waals surface area contributed by atoms with E-state index in [1.807, 2.05) is 12.1 Å². The van der Waals surface area contributed by atoms with Crippen LogP contribution in [-0.2, 0) is 0 Å². The zero-order chi connectivity index (χ0) is 40.4. The highest BCUT2D eigenvalue weighted by Crippen LogP contribution is 2.45. The zero-order valence-electron chi connectivity index (χ0n) is 33.7. The van der Waals surface area contributed by atoms with Gasteiger partial charge in [-0.3, -0.25) is 4.57 Å². The molecule has 61 heavy (non-hydrogen) atoms. The number of hydrogen-bond donors (Lipinski definition) is 0. The van der Waals surface area contributed by atoms with Crippen molar-refractivity contribution in [3.63, 3.8) is 0 Å². The van der Waals surface area contributed by atoms with Crippen LogP contribution < -0.4 is 0 Å². The van der Waals surface area contributed by atoms with Gasteiger partial charge in [-0.05, 0) is 59.0 Å². The molecule has 8 aromatic carbocycles. The summed E-state index contributed by atoms with van der Waals surface area (Å²) in [5, 5.41) is 6.12. The number of benzene rings is 8. The molecule has 0 radical (unpaired) electrons. The van der Waals surface area contributed by atoms with E-state index in [2.05, 4.69) is 216 Å². The topological polar surface area (TPSA) is 35.6 Å². The van der Waals surface area contributed by atoms with Crippen molar-refractivity contribution in [1.82, 2.24) is 19.1 Å². The predicted octanol–water partition coefficient (Wildman–Crippen LogP) is 14.8. The maximum absolute atomic E-state index is 5.58. The van der Waals surface area contributed by atoms with Crippen LogP contribution >= 0.6 is 0 Å². The number of pyridine rings is 1. The maximum Gasteiger partial charge on any atom is 0.145 e. The Morgan fingerprint density at radius 3 is 1.84 bits per heavy atom. The molecule has 0 saturated carbocycles.